The van der Waals surface area contributed by atoms with Crippen molar-refractivity contribution in [3.63, 3.8) is 0 Å². The number of esters is 1. The maximum Gasteiger partial charge on any atom is 0.330 e. The van der Waals surface area contributed by atoms with Gasteiger partial charge in [0.15, 0.2) is 6.29 Å². The van der Waals surface area contributed by atoms with Crippen molar-refractivity contribution in [1.29, 1.82) is 0 Å². The number of carboxylic acid groups (broad SMARTS) is 1. The number of aliphatic carboxylic acids is 1. The molecule has 0 aromatic carbocycles. The number of rotatable bonds is 3. The predicted molar refractivity (Wildman–Crippen MR) is 166 cm³/mol. The van der Waals surface area contributed by atoms with Gasteiger partial charge in [0.2, 0.25) is 0 Å². The van der Waals surface area contributed by atoms with E-state index in [0.29, 0.717) is 6.42 Å². The van der Waals surface area contributed by atoms with Crippen molar-refractivity contribution in [2.75, 3.05) is 0 Å². The van der Waals surface area contributed by atoms with Gasteiger partial charge in [-0.25, -0.2) is 4.79 Å². The molecule has 14 heteroatoms. The highest BCUT2D eigenvalue weighted by atomic mass is 16.7. The SMILES string of the molecule is C[C@@H]1O[C@@H](O[C@@H]2/C=C/C=C/C=C/C=C/C[C@H](C)OC(=O)/C=C/[C@@H]3O[C@@H]3C[C@@H](O)CC(=O)C[C@@H](O)[C@@H](C(=O)O)[C@@H](O)C2)[C@H](O)[C@H](N)[C@@H]1O. The van der Waals surface area contributed by atoms with Crippen LogP contribution in [0, 0.1) is 5.92 Å². The zero-order valence-corrected chi connectivity index (χ0v) is 26.4. The minimum absolute atomic E-state index is 0.0692. The number of carboxylic acids is 1. The number of fused-ring (bicyclic) bond motifs is 1. The van der Waals surface area contributed by atoms with E-state index in [0.717, 1.165) is 0 Å². The molecule has 0 radical (unpaired) electrons. The molecule has 0 amide bonds. The van der Waals surface area contributed by atoms with Gasteiger partial charge in [0.1, 0.15) is 30.0 Å². The highest BCUT2D eigenvalue weighted by Crippen LogP contribution is 2.29. The molecule has 3 aliphatic rings. The first-order chi connectivity index (χ1) is 22.3. The van der Waals surface area contributed by atoms with Gasteiger partial charge in [-0.2, -0.15) is 0 Å². The van der Waals surface area contributed by atoms with Gasteiger partial charge in [-0.1, -0.05) is 48.6 Å². The average Bonchev–Trinajstić information content (AvgIpc) is 3.72. The van der Waals surface area contributed by atoms with Crippen LogP contribution in [0.2, 0.25) is 0 Å². The van der Waals surface area contributed by atoms with Crippen LogP contribution in [-0.2, 0) is 33.3 Å². The number of carbonyl (C=O) groups excluding carboxylic acids is 2. The second-order valence-corrected chi connectivity index (χ2v) is 12.1. The highest BCUT2D eigenvalue weighted by molar-refractivity contribution is 5.82. The molecule has 2 fully saturated rings. The first-order valence-corrected chi connectivity index (χ1v) is 15.7. The summed E-state index contributed by atoms with van der Waals surface area (Å²) in [6.07, 6.45) is 3.57. The minimum Gasteiger partial charge on any atom is -0.481 e. The summed E-state index contributed by atoms with van der Waals surface area (Å²) in [4.78, 5) is 36.9. The molecule has 0 aromatic rings. The summed E-state index contributed by atoms with van der Waals surface area (Å²) in [6.45, 7) is 3.29. The van der Waals surface area contributed by atoms with Gasteiger partial charge < -0.3 is 55.3 Å². The van der Waals surface area contributed by atoms with Gasteiger partial charge in [-0.15, -0.1) is 0 Å². The van der Waals surface area contributed by atoms with Crippen LogP contribution in [0.5, 0.6) is 0 Å². The average molecular weight is 666 g/mol. The molecule has 2 saturated heterocycles. The lowest BCUT2D eigenvalue weighted by atomic mass is 9.88. The summed E-state index contributed by atoms with van der Waals surface area (Å²) >= 11 is 0. The van der Waals surface area contributed by atoms with E-state index in [9.17, 15) is 45.0 Å². The summed E-state index contributed by atoms with van der Waals surface area (Å²) < 4.78 is 22.2. The Balaban J connectivity index is 1.79. The Morgan fingerprint density at radius 3 is 2.26 bits per heavy atom. The summed E-state index contributed by atoms with van der Waals surface area (Å²) in [6, 6.07) is -1.10. The van der Waals surface area contributed by atoms with E-state index in [2.05, 4.69) is 0 Å². The molecular formula is C33H47NO13. The first kappa shape index (κ1) is 38.4. The van der Waals surface area contributed by atoms with E-state index >= 15 is 0 Å². The van der Waals surface area contributed by atoms with Crippen molar-refractivity contribution in [1.82, 2.24) is 0 Å². The predicted octanol–water partition coefficient (Wildman–Crippen LogP) is -0.0377. The third-order valence-corrected chi connectivity index (χ3v) is 8.05. The Bertz CT molecular complexity index is 1200. The van der Waals surface area contributed by atoms with E-state index in [1.165, 1.54) is 25.2 Å². The summed E-state index contributed by atoms with van der Waals surface area (Å²) in [5.41, 5.74) is 5.91. The lowest BCUT2D eigenvalue weighted by Gasteiger charge is -2.41. The Labute approximate surface area is 273 Å². The van der Waals surface area contributed by atoms with Crippen LogP contribution in [0.4, 0.5) is 0 Å². The lowest BCUT2D eigenvalue weighted by molar-refractivity contribution is -0.277. The Hall–Kier alpha value is -3.05. The maximum absolute atomic E-state index is 12.6. The van der Waals surface area contributed by atoms with E-state index in [-0.39, 0.29) is 25.4 Å². The number of cyclic esters (lactones) is 1. The van der Waals surface area contributed by atoms with Gasteiger partial charge in [0, 0.05) is 38.2 Å². The largest absolute Gasteiger partial charge is 0.481 e. The van der Waals surface area contributed by atoms with Gasteiger partial charge in [0.25, 0.3) is 0 Å². The van der Waals surface area contributed by atoms with Crippen LogP contribution < -0.4 is 5.73 Å². The number of aliphatic hydroxyl groups excluding tert-OH is 5. The van der Waals surface area contributed by atoms with Crippen LogP contribution in [0.15, 0.2) is 60.8 Å². The van der Waals surface area contributed by atoms with Crippen LogP contribution in [-0.4, -0.2) is 122 Å². The van der Waals surface area contributed by atoms with Gasteiger partial charge in [-0.3, -0.25) is 9.59 Å². The number of ketones is 1. The van der Waals surface area contributed by atoms with Crippen molar-refractivity contribution < 1.29 is 64.0 Å². The number of nitrogens with two attached hydrogens (primary N) is 1. The number of hydrogen-bond acceptors (Lipinski definition) is 13. The fourth-order valence-corrected chi connectivity index (χ4v) is 5.33. The molecule has 0 spiro atoms. The summed E-state index contributed by atoms with van der Waals surface area (Å²) in [7, 11) is 0. The Morgan fingerprint density at radius 1 is 0.872 bits per heavy atom. The standard InChI is InChI=1S/C33H47NO13/c1-18-10-8-6-4-3-5-7-9-11-22(46-33-31(41)29(34)30(40)19(2)45-33)17-24(38)28(32(42)43)23(37)15-20(35)14-21(36)16-26-25(47-26)12-13-27(39)44-18/h3-9,11-13,18-19,21-26,28-31,33,36-38,40-41H,10,14-17,34H2,1-2H3,(H,42,43)/b4-3+,7-5+,8-6+,11-9+,13-12+/t18-,19-,21-,22+,23+,24-,25-,26+,28+,29+,30+,31+,33-/m0/s1. The molecule has 3 rings (SSSR count). The first-order valence-electron chi connectivity index (χ1n) is 15.7. The van der Waals surface area contributed by atoms with E-state index in [4.69, 9.17) is 24.7 Å². The molecule has 0 unspecified atom stereocenters. The van der Waals surface area contributed by atoms with Crippen LogP contribution in [0.25, 0.3) is 0 Å². The van der Waals surface area contributed by atoms with Gasteiger partial charge in [-0.05, 0) is 19.9 Å². The lowest BCUT2D eigenvalue weighted by Crippen LogP contribution is -2.61. The molecular weight excluding hydrogens is 618 g/mol. The molecule has 3 aliphatic heterocycles. The van der Waals surface area contributed by atoms with Crippen molar-refractivity contribution in [3.8, 4) is 0 Å². The van der Waals surface area contributed by atoms with Gasteiger partial charge in [0.05, 0.1) is 48.8 Å². The zero-order chi connectivity index (χ0) is 34.7. The maximum atomic E-state index is 12.6. The zero-order valence-electron chi connectivity index (χ0n) is 26.4. The van der Waals surface area contributed by atoms with Crippen LogP contribution in [0.1, 0.15) is 46.0 Å². The molecule has 14 nitrogen and oxygen atoms in total. The molecule has 8 N–H and O–H groups in total. The molecule has 0 aliphatic carbocycles. The Kier molecular flexibility index (Phi) is 15.1. The van der Waals surface area contributed by atoms with Crippen molar-refractivity contribution in [2.45, 2.75) is 119 Å². The van der Waals surface area contributed by atoms with Crippen molar-refractivity contribution in [3.05, 3.63) is 60.8 Å². The normalized spacial score (nSPS) is 43.4. The van der Waals surface area contributed by atoms with Gasteiger partial charge >= 0.3 is 11.9 Å². The number of epoxide rings is 1. The van der Waals surface area contributed by atoms with Crippen LogP contribution >= 0.6 is 0 Å². The minimum atomic E-state index is -1.80. The number of aliphatic hydroxyl groups is 5. The number of hydrogen-bond donors (Lipinski definition) is 7. The summed E-state index contributed by atoms with van der Waals surface area (Å²) in [5, 5.41) is 62.6. The second-order valence-electron chi connectivity index (χ2n) is 12.1. The molecule has 3 heterocycles. The number of allylic oxidation sites excluding steroid dienone is 6. The molecule has 262 valence electrons. The fraction of sp³-hybridized carbons (Fsp3) is 0.606. The van der Waals surface area contributed by atoms with E-state index in [1.54, 1.807) is 43.4 Å². The molecule has 13 atom stereocenters. The Morgan fingerprint density at radius 2 is 1.55 bits per heavy atom. The molecule has 0 saturated carbocycles. The third-order valence-electron chi connectivity index (χ3n) is 8.05. The number of Topliss-reactive ketones (excluding diaryl/α,β-unsaturated/α-hetero) is 1. The quantitative estimate of drug-likeness (QED) is 0.155. The van der Waals surface area contributed by atoms with E-state index < -0.39 is 97.3 Å². The smallest absolute Gasteiger partial charge is 0.330 e. The number of carbonyl (C=O) groups is 3. The fourth-order valence-electron chi connectivity index (χ4n) is 5.33. The molecule has 0 aromatic heterocycles. The van der Waals surface area contributed by atoms with Crippen molar-refractivity contribution in [2.24, 2.45) is 11.7 Å². The van der Waals surface area contributed by atoms with Crippen LogP contribution in [0.3, 0.4) is 0 Å². The second kappa shape index (κ2) is 18.5. The highest BCUT2D eigenvalue weighted by Gasteiger charge is 2.43. The van der Waals surface area contributed by atoms with Crippen molar-refractivity contribution >= 4 is 17.7 Å². The topological polar surface area (TPSA) is 239 Å². The molecule has 0 bridgehead atoms. The number of ether oxygens (including phenoxy) is 4. The monoisotopic (exact) mass is 665 g/mol. The third kappa shape index (κ3) is 12.5. The molecule has 47 heavy (non-hydrogen) atoms. The van der Waals surface area contributed by atoms with E-state index in [1.807, 2.05) is 6.08 Å². The summed E-state index contributed by atoms with van der Waals surface area (Å²) in [5.74, 6) is -4.54.